The smallest absolute Gasteiger partial charge is 0.213 e. The average Bonchev–Trinajstić information content (AvgIpc) is 3.07. The van der Waals surface area contributed by atoms with Crippen LogP contribution in [0.5, 0.6) is 0 Å². The molecular formula is C17H15ClFN3O. The van der Waals surface area contributed by atoms with Gasteiger partial charge in [0.2, 0.25) is 6.39 Å². The zero-order valence-electron chi connectivity index (χ0n) is 12.5. The highest BCUT2D eigenvalue weighted by Crippen LogP contribution is 2.22. The lowest BCUT2D eigenvalue weighted by Crippen LogP contribution is -2.23. The Kier molecular flexibility index (Phi) is 4.69. The Morgan fingerprint density at radius 3 is 2.70 bits per heavy atom. The van der Waals surface area contributed by atoms with Crippen molar-refractivity contribution in [3.05, 3.63) is 82.2 Å². The Hall–Kier alpha value is -2.24. The molecule has 0 aliphatic heterocycles. The van der Waals surface area contributed by atoms with Crippen LogP contribution in [-0.2, 0) is 6.54 Å². The van der Waals surface area contributed by atoms with E-state index in [4.69, 9.17) is 16.1 Å². The van der Waals surface area contributed by atoms with E-state index in [2.05, 4.69) is 15.5 Å². The summed E-state index contributed by atoms with van der Waals surface area (Å²) in [6.45, 7) is 2.27. The Morgan fingerprint density at radius 1 is 1.22 bits per heavy atom. The van der Waals surface area contributed by atoms with Crippen LogP contribution in [-0.4, -0.2) is 10.1 Å². The maximum absolute atomic E-state index is 13.9. The van der Waals surface area contributed by atoms with E-state index in [-0.39, 0.29) is 11.9 Å². The monoisotopic (exact) mass is 331 g/mol. The minimum atomic E-state index is -0.314. The van der Waals surface area contributed by atoms with E-state index < -0.39 is 0 Å². The summed E-state index contributed by atoms with van der Waals surface area (Å²) in [7, 11) is 0. The molecule has 0 fully saturated rings. The van der Waals surface area contributed by atoms with Gasteiger partial charge in [-0.05, 0) is 30.7 Å². The van der Waals surface area contributed by atoms with Crippen molar-refractivity contribution in [3.8, 4) is 0 Å². The van der Waals surface area contributed by atoms with Crippen molar-refractivity contribution in [3.63, 3.8) is 0 Å². The molecule has 0 aliphatic carbocycles. The van der Waals surface area contributed by atoms with Crippen molar-refractivity contribution in [1.29, 1.82) is 0 Å². The normalized spacial score (nSPS) is 12.3. The number of aromatic nitrogens is 2. The first-order chi connectivity index (χ1) is 11.1. The SMILES string of the molecule is Cc1ccc(F)c(CN[C@@H](c2ccc(Cl)cc2)c2ncon2)c1. The summed E-state index contributed by atoms with van der Waals surface area (Å²) in [4.78, 5) is 4.10. The molecule has 1 aromatic heterocycles. The van der Waals surface area contributed by atoms with Crippen LogP contribution in [0.1, 0.15) is 28.6 Å². The van der Waals surface area contributed by atoms with Gasteiger partial charge in [-0.2, -0.15) is 4.98 Å². The number of nitrogens with zero attached hydrogens (tertiary/aromatic N) is 2. The molecule has 118 valence electrons. The van der Waals surface area contributed by atoms with Crippen LogP contribution in [0.2, 0.25) is 5.02 Å². The highest BCUT2D eigenvalue weighted by Gasteiger charge is 2.18. The number of aryl methyl sites for hydroxylation is 1. The fraction of sp³-hybridized carbons (Fsp3) is 0.176. The van der Waals surface area contributed by atoms with Gasteiger partial charge in [-0.3, -0.25) is 5.32 Å². The summed E-state index contributed by atoms with van der Waals surface area (Å²) in [5.74, 6) is 0.242. The topological polar surface area (TPSA) is 51.0 Å². The first-order valence-corrected chi connectivity index (χ1v) is 7.51. The Labute approximate surface area is 138 Å². The van der Waals surface area contributed by atoms with Crippen LogP contribution in [0.4, 0.5) is 4.39 Å². The molecule has 2 aromatic carbocycles. The second-order valence-electron chi connectivity index (χ2n) is 5.25. The van der Waals surface area contributed by atoms with Crippen LogP contribution in [0.25, 0.3) is 0 Å². The average molecular weight is 332 g/mol. The zero-order chi connectivity index (χ0) is 16.2. The van der Waals surface area contributed by atoms with Crippen LogP contribution >= 0.6 is 11.6 Å². The van der Waals surface area contributed by atoms with Crippen molar-refractivity contribution in [2.75, 3.05) is 0 Å². The fourth-order valence-electron chi connectivity index (χ4n) is 2.37. The quantitative estimate of drug-likeness (QED) is 0.766. The van der Waals surface area contributed by atoms with Gasteiger partial charge in [-0.1, -0.05) is 46.6 Å². The molecule has 1 atom stereocenters. The van der Waals surface area contributed by atoms with E-state index in [0.29, 0.717) is 23.0 Å². The molecule has 6 heteroatoms. The van der Waals surface area contributed by atoms with E-state index in [1.165, 1.54) is 12.5 Å². The van der Waals surface area contributed by atoms with Crippen molar-refractivity contribution in [2.45, 2.75) is 19.5 Å². The van der Waals surface area contributed by atoms with Gasteiger partial charge in [0, 0.05) is 17.1 Å². The van der Waals surface area contributed by atoms with E-state index in [1.807, 2.05) is 25.1 Å². The van der Waals surface area contributed by atoms with Crippen LogP contribution in [0.3, 0.4) is 0 Å². The predicted octanol–water partition coefficient (Wildman–Crippen LogP) is 4.05. The summed E-state index contributed by atoms with van der Waals surface area (Å²) in [5, 5.41) is 7.81. The molecule has 3 rings (SSSR count). The highest BCUT2D eigenvalue weighted by atomic mass is 35.5. The summed E-state index contributed by atoms with van der Waals surface area (Å²) < 4.78 is 18.7. The van der Waals surface area contributed by atoms with E-state index in [1.54, 1.807) is 18.2 Å². The minimum Gasteiger partial charge on any atom is -0.343 e. The molecule has 0 amide bonds. The molecule has 0 aliphatic rings. The molecule has 0 saturated carbocycles. The molecule has 0 radical (unpaired) electrons. The standard InChI is InChI=1S/C17H15ClFN3O/c1-11-2-7-15(19)13(8-11)9-20-16(17-21-10-23-22-17)12-3-5-14(18)6-4-12/h2-8,10,16,20H,9H2,1H3/t16-/m0/s1. The Bertz CT molecular complexity index is 775. The summed E-state index contributed by atoms with van der Waals surface area (Å²) in [6.07, 6.45) is 1.27. The Morgan fingerprint density at radius 2 is 2.00 bits per heavy atom. The third-order valence-electron chi connectivity index (χ3n) is 3.54. The second kappa shape index (κ2) is 6.89. The van der Waals surface area contributed by atoms with Gasteiger partial charge in [0.25, 0.3) is 0 Å². The zero-order valence-corrected chi connectivity index (χ0v) is 13.2. The molecule has 23 heavy (non-hydrogen) atoms. The van der Waals surface area contributed by atoms with Gasteiger partial charge in [-0.15, -0.1) is 0 Å². The molecule has 0 spiro atoms. The van der Waals surface area contributed by atoms with E-state index in [0.717, 1.165) is 11.1 Å². The van der Waals surface area contributed by atoms with E-state index in [9.17, 15) is 4.39 Å². The number of halogens is 2. The minimum absolute atomic E-state index is 0.244. The number of rotatable bonds is 5. The molecule has 1 heterocycles. The van der Waals surface area contributed by atoms with E-state index >= 15 is 0 Å². The number of nitrogens with one attached hydrogen (secondary N) is 1. The van der Waals surface area contributed by atoms with Gasteiger partial charge in [0.05, 0.1) is 6.04 Å². The van der Waals surface area contributed by atoms with Crippen molar-refractivity contribution < 1.29 is 8.91 Å². The highest BCUT2D eigenvalue weighted by molar-refractivity contribution is 6.30. The number of benzene rings is 2. The summed E-state index contributed by atoms with van der Waals surface area (Å²) in [6, 6.07) is 12.1. The third kappa shape index (κ3) is 3.75. The van der Waals surface area contributed by atoms with Gasteiger partial charge >= 0.3 is 0 Å². The molecule has 3 aromatic rings. The largest absolute Gasteiger partial charge is 0.343 e. The Balaban J connectivity index is 1.85. The first-order valence-electron chi connectivity index (χ1n) is 7.13. The number of hydrogen-bond acceptors (Lipinski definition) is 4. The van der Waals surface area contributed by atoms with Gasteiger partial charge in [0.15, 0.2) is 5.82 Å². The van der Waals surface area contributed by atoms with Crippen LogP contribution in [0, 0.1) is 12.7 Å². The fourth-order valence-corrected chi connectivity index (χ4v) is 2.50. The van der Waals surface area contributed by atoms with Crippen molar-refractivity contribution in [2.24, 2.45) is 0 Å². The maximum Gasteiger partial charge on any atom is 0.213 e. The third-order valence-corrected chi connectivity index (χ3v) is 3.79. The summed E-state index contributed by atoms with van der Waals surface area (Å²) in [5.41, 5.74) is 2.52. The maximum atomic E-state index is 13.9. The lowest BCUT2D eigenvalue weighted by Gasteiger charge is -2.16. The lowest BCUT2D eigenvalue weighted by molar-refractivity contribution is 0.401. The van der Waals surface area contributed by atoms with Crippen molar-refractivity contribution in [1.82, 2.24) is 15.5 Å². The molecule has 4 nitrogen and oxygen atoms in total. The second-order valence-corrected chi connectivity index (χ2v) is 5.69. The predicted molar refractivity (Wildman–Crippen MR) is 85.6 cm³/mol. The number of hydrogen-bond donors (Lipinski definition) is 1. The molecule has 0 unspecified atom stereocenters. The molecule has 0 saturated heterocycles. The van der Waals surface area contributed by atoms with Gasteiger partial charge in [-0.25, -0.2) is 4.39 Å². The molecule has 0 bridgehead atoms. The lowest BCUT2D eigenvalue weighted by atomic mass is 10.1. The van der Waals surface area contributed by atoms with Gasteiger partial charge in [0.1, 0.15) is 5.82 Å². The molecular weight excluding hydrogens is 317 g/mol. The molecule has 1 N–H and O–H groups in total. The first kappa shape index (κ1) is 15.6. The van der Waals surface area contributed by atoms with Crippen LogP contribution < -0.4 is 5.32 Å². The van der Waals surface area contributed by atoms with Crippen molar-refractivity contribution >= 4 is 11.6 Å². The van der Waals surface area contributed by atoms with Gasteiger partial charge < -0.3 is 4.52 Å². The van der Waals surface area contributed by atoms with Crippen LogP contribution in [0.15, 0.2) is 53.4 Å². The summed E-state index contributed by atoms with van der Waals surface area (Å²) >= 11 is 5.93.